The van der Waals surface area contributed by atoms with Crippen LogP contribution >= 0.6 is 11.3 Å². The van der Waals surface area contributed by atoms with Gasteiger partial charge in [-0.2, -0.15) is 4.99 Å². The number of amidine groups is 1. The molecule has 1 atom stereocenters. The number of methoxy groups -OCH3 is 1. The molecule has 5 nitrogen and oxygen atoms in total. The fourth-order valence-electron chi connectivity index (χ4n) is 3.12. The van der Waals surface area contributed by atoms with Crippen LogP contribution in [0.25, 0.3) is 0 Å². The largest absolute Gasteiger partial charge is 0.385 e. The summed E-state index contributed by atoms with van der Waals surface area (Å²) in [6, 6.07) is 1.84. The molecule has 1 spiro atoms. The molecule has 2 aliphatic rings. The summed E-state index contributed by atoms with van der Waals surface area (Å²) in [5.41, 5.74) is 6.76. The summed E-state index contributed by atoms with van der Waals surface area (Å²) in [4.78, 5) is 19.2. The van der Waals surface area contributed by atoms with Gasteiger partial charge < -0.3 is 15.4 Å². The predicted octanol–water partition coefficient (Wildman–Crippen LogP) is 1.72. The van der Waals surface area contributed by atoms with Gasteiger partial charge in [0.2, 0.25) is 0 Å². The first-order chi connectivity index (χ1) is 9.20. The summed E-state index contributed by atoms with van der Waals surface area (Å²) in [6.07, 6.45) is 2.94. The topological polar surface area (TPSA) is 67.9 Å². The van der Waals surface area contributed by atoms with E-state index in [1.165, 1.54) is 4.88 Å². The molecule has 2 amide bonds. The molecule has 2 N–H and O–H groups in total. The van der Waals surface area contributed by atoms with Crippen molar-refractivity contribution in [3.05, 3.63) is 21.9 Å². The monoisotopic (exact) mass is 279 g/mol. The maximum Gasteiger partial charge on any atom is 0.346 e. The molecule has 0 aromatic carbocycles. The SMILES string of the molecule is COCCN1C(=O)N=C(N)C12CCCc1sccc12. The lowest BCUT2D eigenvalue weighted by Gasteiger charge is -2.41. The van der Waals surface area contributed by atoms with E-state index in [0.717, 1.165) is 24.8 Å². The van der Waals surface area contributed by atoms with E-state index in [0.29, 0.717) is 19.0 Å². The second-order valence-electron chi connectivity index (χ2n) is 4.90. The van der Waals surface area contributed by atoms with E-state index in [-0.39, 0.29) is 6.03 Å². The highest BCUT2D eigenvalue weighted by Crippen LogP contribution is 2.45. The van der Waals surface area contributed by atoms with E-state index in [4.69, 9.17) is 10.5 Å². The van der Waals surface area contributed by atoms with Crippen LogP contribution in [0.3, 0.4) is 0 Å². The van der Waals surface area contributed by atoms with Gasteiger partial charge in [-0.05, 0) is 36.3 Å². The molecule has 0 radical (unpaired) electrons. The van der Waals surface area contributed by atoms with E-state index in [9.17, 15) is 4.79 Å². The van der Waals surface area contributed by atoms with Crippen LogP contribution in [0.5, 0.6) is 0 Å². The predicted molar refractivity (Wildman–Crippen MR) is 74.5 cm³/mol. The zero-order valence-corrected chi connectivity index (χ0v) is 11.7. The van der Waals surface area contributed by atoms with Crippen LogP contribution in [0.2, 0.25) is 0 Å². The number of hydrogen-bond donors (Lipinski definition) is 1. The fourth-order valence-corrected chi connectivity index (χ4v) is 4.11. The molecule has 6 heteroatoms. The van der Waals surface area contributed by atoms with E-state index < -0.39 is 5.54 Å². The minimum atomic E-state index is -0.525. The van der Waals surface area contributed by atoms with Crippen LogP contribution in [-0.2, 0) is 16.7 Å². The molecule has 0 saturated carbocycles. The van der Waals surface area contributed by atoms with Gasteiger partial charge in [-0.3, -0.25) is 0 Å². The van der Waals surface area contributed by atoms with Gasteiger partial charge in [-0.15, -0.1) is 11.3 Å². The zero-order valence-electron chi connectivity index (χ0n) is 10.9. The number of ether oxygens (including phenoxy) is 1. The molecule has 0 bridgehead atoms. The van der Waals surface area contributed by atoms with Gasteiger partial charge in [0.25, 0.3) is 0 Å². The van der Waals surface area contributed by atoms with Crippen LogP contribution in [0.15, 0.2) is 16.4 Å². The standard InChI is InChI=1S/C13H17N3O2S/c1-18-7-6-16-12(17)15-11(14)13(16)5-2-3-10-9(13)4-8-19-10/h4,8H,2-3,5-7H2,1H3,(H2,14,15,17). The number of nitrogens with two attached hydrogens (primary N) is 1. The van der Waals surface area contributed by atoms with Gasteiger partial charge in [-0.25, -0.2) is 4.79 Å². The van der Waals surface area contributed by atoms with Crippen molar-refractivity contribution in [2.75, 3.05) is 20.3 Å². The summed E-state index contributed by atoms with van der Waals surface area (Å²) in [5.74, 6) is 0.438. The number of aliphatic imine (C=N–C) groups is 1. The molecule has 0 fully saturated rings. The van der Waals surface area contributed by atoms with Gasteiger partial charge in [0, 0.05) is 18.5 Å². The smallest absolute Gasteiger partial charge is 0.346 e. The number of carbonyl (C=O) groups excluding carboxylic acids is 1. The number of fused-ring (bicyclic) bond motifs is 2. The molecular formula is C13H17N3O2S. The average Bonchev–Trinajstić information content (AvgIpc) is 2.95. The Labute approximate surface area is 116 Å². The number of rotatable bonds is 3. The molecule has 0 saturated heterocycles. The first-order valence-electron chi connectivity index (χ1n) is 6.42. The van der Waals surface area contributed by atoms with E-state index in [1.54, 1.807) is 23.3 Å². The lowest BCUT2D eigenvalue weighted by atomic mass is 9.78. The van der Waals surface area contributed by atoms with Crippen LogP contribution in [0.4, 0.5) is 4.79 Å². The van der Waals surface area contributed by atoms with Crippen molar-refractivity contribution < 1.29 is 9.53 Å². The highest BCUT2D eigenvalue weighted by molar-refractivity contribution is 7.10. The maximum atomic E-state index is 12.1. The van der Waals surface area contributed by atoms with Crippen molar-refractivity contribution in [3.8, 4) is 0 Å². The van der Waals surface area contributed by atoms with E-state index in [1.807, 2.05) is 0 Å². The van der Waals surface area contributed by atoms with Crippen molar-refractivity contribution in [1.82, 2.24) is 4.90 Å². The highest BCUT2D eigenvalue weighted by atomic mass is 32.1. The quantitative estimate of drug-likeness (QED) is 0.916. The summed E-state index contributed by atoms with van der Waals surface area (Å²) in [7, 11) is 1.63. The van der Waals surface area contributed by atoms with E-state index >= 15 is 0 Å². The number of thiophene rings is 1. The number of amides is 2. The summed E-state index contributed by atoms with van der Waals surface area (Å²) >= 11 is 1.74. The molecule has 1 aliphatic carbocycles. The molecule has 19 heavy (non-hydrogen) atoms. The second-order valence-corrected chi connectivity index (χ2v) is 5.90. The van der Waals surface area contributed by atoms with E-state index in [2.05, 4.69) is 16.4 Å². The Morgan fingerprint density at radius 1 is 1.63 bits per heavy atom. The minimum Gasteiger partial charge on any atom is -0.385 e. The third kappa shape index (κ3) is 1.70. The van der Waals surface area contributed by atoms with Gasteiger partial charge in [0.15, 0.2) is 0 Å². The molecule has 3 rings (SSSR count). The van der Waals surface area contributed by atoms with Crippen molar-refractivity contribution in [2.45, 2.75) is 24.8 Å². The van der Waals surface area contributed by atoms with Gasteiger partial charge in [-0.1, -0.05) is 0 Å². The Kier molecular flexibility index (Phi) is 3.06. The number of urea groups is 1. The Balaban J connectivity index is 2.06. The van der Waals surface area contributed by atoms with Crippen molar-refractivity contribution in [3.63, 3.8) is 0 Å². The van der Waals surface area contributed by atoms with Crippen molar-refractivity contribution >= 4 is 23.2 Å². The molecule has 1 aliphatic heterocycles. The first kappa shape index (κ1) is 12.6. The summed E-state index contributed by atoms with van der Waals surface area (Å²) in [6.45, 7) is 1.02. The Bertz CT molecular complexity index is 540. The first-order valence-corrected chi connectivity index (χ1v) is 7.30. The second kappa shape index (κ2) is 4.61. The third-order valence-corrected chi connectivity index (χ3v) is 4.96. The van der Waals surface area contributed by atoms with Crippen LogP contribution < -0.4 is 5.73 Å². The summed E-state index contributed by atoms with van der Waals surface area (Å²) < 4.78 is 5.11. The van der Waals surface area contributed by atoms with Crippen LogP contribution in [0.1, 0.15) is 23.3 Å². The maximum absolute atomic E-state index is 12.1. The molecular weight excluding hydrogens is 262 g/mol. The Morgan fingerprint density at radius 3 is 3.26 bits per heavy atom. The lowest BCUT2D eigenvalue weighted by molar-refractivity contribution is 0.115. The number of hydrogen-bond acceptors (Lipinski definition) is 4. The lowest BCUT2D eigenvalue weighted by Crippen LogP contribution is -2.53. The Morgan fingerprint density at radius 2 is 2.47 bits per heavy atom. The normalized spacial score (nSPS) is 25.8. The molecule has 1 aromatic heterocycles. The highest BCUT2D eigenvalue weighted by Gasteiger charge is 2.51. The average molecular weight is 279 g/mol. The number of nitrogens with zero attached hydrogens (tertiary/aromatic N) is 2. The fraction of sp³-hybridized carbons (Fsp3) is 0.538. The molecule has 1 unspecified atom stereocenters. The van der Waals surface area contributed by atoms with Crippen molar-refractivity contribution in [2.24, 2.45) is 10.7 Å². The van der Waals surface area contributed by atoms with Crippen molar-refractivity contribution in [1.29, 1.82) is 0 Å². The molecule has 102 valence electrons. The third-order valence-electron chi connectivity index (χ3n) is 3.98. The van der Waals surface area contributed by atoms with Crippen LogP contribution in [-0.4, -0.2) is 37.0 Å². The molecule has 1 aromatic rings. The minimum absolute atomic E-state index is 0.242. The van der Waals surface area contributed by atoms with Gasteiger partial charge in [0.1, 0.15) is 11.4 Å². The Hall–Kier alpha value is -1.40. The number of aryl methyl sites for hydroxylation is 1. The van der Waals surface area contributed by atoms with Gasteiger partial charge >= 0.3 is 6.03 Å². The van der Waals surface area contributed by atoms with Crippen LogP contribution in [0, 0.1) is 0 Å². The summed E-state index contributed by atoms with van der Waals surface area (Å²) in [5, 5.41) is 2.07. The van der Waals surface area contributed by atoms with Gasteiger partial charge in [0.05, 0.1) is 6.61 Å². The zero-order chi connectivity index (χ0) is 13.5. The molecule has 2 heterocycles. The number of carbonyl (C=O) groups is 1.